The van der Waals surface area contributed by atoms with Crippen molar-refractivity contribution in [3.05, 3.63) is 0 Å². The number of hydrogen-bond acceptors (Lipinski definition) is 4. The molecule has 0 aliphatic heterocycles. The lowest BCUT2D eigenvalue weighted by Gasteiger charge is -2.22. The molecule has 0 spiro atoms. The topological polar surface area (TPSA) is 142 Å². The number of rotatable bonds is 7. The van der Waals surface area contributed by atoms with Gasteiger partial charge in [0.25, 0.3) is 0 Å². The van der Waals surface area contributed by atoms with E-state index < -0.39 is 31.2 Å². The number of nitrogens with two attached hydrogens (primary N) is 1. The zero-order chi connectivity index (χ0) is 15.2. The monoisotopic (exact) mass is 295 g/mol. The predicted octanol–water partition coefficient (Wildman–Crippen LogP) is -0.884. The molecule has 0 fully saturated rings. The van der Waals surface area contributed by atoms with Crippen LogP contribution in [0.25, 0.3) is 0 Å². The molecule has 0 bridgehead atoms. The molecule has 0 aromatic rings. The molecule has 112 valence electrons. The fourth-order valence-corrected chi connectivity index (χ4v) is 1.64. The zero-order valence-electron chi connectivity index (χ0n) is 11.3. The van der Waals surface area contributed by atoms with E-state index in [4.69, 9.17) is 15.5 Å². The fourth-order valence-electron chi connectivity index (χ4n) is 1.35. The van der Waals surface area contributed by atoms with Crippen molar-refractivity contribution in [1.29, 1.82) is 0 Å². The van der Waals surface area contributed by atoms with E-state index in [9.17, 15) is 14.2 Å². The van der Waals surface area contributed by atoms with Gasteiger partial charge in [0, 0.05) is 0 Å². The van der Waals surface area contributed by atoms with E-state index in [1.165, 1.54) is 6.92 Å². The first-order chi connectivity index (χ1) is 8.57. The van der Waals surface area contributed by atoms with Crippen LogP contribution in [0.15, 0.2) is 0 Å². The predicted molar refractivity (Wildman–Crippen MR) is 70.1 cm³/mol. The van der Waals surface area contributed by atoms with Gasteiger partial charge in [0.1, 0.15) is 11.8 Å². The first-order valence-corrected chi connectivity index (χ1v) is 7.61. The maximum Gasteiger partial charge on any atom is 0.347 e. The van der Waals surface area contributed by atoms with Crippen molar-refractivity contribution in [1.82, 2.24) is 10.6 Å². The molecule has 0 aromatic heterocycles. The Bertz CT molecular complexity index is 368. The van der Waals surface area contributed by atoms with Gasteiger partial charge in [0.05, 0.1) is 6.54 Å². The van der Waals surface area contributed by atoms with E-state index in [2.05, 4.69) is 10.6 Å². The summed E-state index contributed by atoms with van der Waals surface area (Å²) in [7, 11) is -4.40. The first-order valence-electron chi connectivity index (χ1n) is 5.93. The summed E-state index contributed by atoms with van der Waals surface area (Å²) in [6.07, 6.45) is 0.353. The lowest BCUT2D eigenvalue weighted by atomic mass is 10.0. The van der Waals surface area contributed by atoms with Crippen LogP contribution in [0.1, 0.15) is 27.2 Å². The summed E-state index contributed by atoms with van der Waals surface area (Å²) in [4.78, 5) is 40.9. The van der Waals surface area contributed by atoms with E-state index in [0.29, 0.717) is 6.42 Å². The minimum atomic E-state index is -4.40. The third-order valence-electron chi connectivity index (χ3n) is 2.40. The number of carbonyl (C=O) groups excluding carboxylic acids is 2. The van der Waals surface area contributed by atoms with Crippen LogP contribution < -0.4 is 16.4 Å². The Labute approximate surface area is 112 Å². The lowest BCUT2D eigenvalue weighted by molar-refractivity contribution is -0.128. The lowest BCUT2D eigenvalue weighted by Crippen LogP contribution is -2.50. The van der Waals surface area contributed by atoms with Gasteiger partial charge in [-0.25, -0.2) is 0 Å². The van der Waals surface area contributed by atoms with Crippen LogP contribution >= 0.6 is 7.60 Å². The van der Waals surface area contributed by atoms with Gasteiger partial charge in [-0.05, 0) is 19.3 Å². The molecule has 6 N–H and O–H groups in total. The Morgan fingerprint density at radius 3 is 2.11 bits per heavy atom. The van der Waals surface area contributed by atoms with Gasteiger partial charge in [-0.15, -0.1) is 0 Å². The van der Waals surface area contributed by atoms with Crippen LogP contribution in [-0.4, -0.2) is 40.0 Å². The molecular weight excluding hydrogens is 273 g/mol. The number of hydrogen-bond donors (Lipinski definition) is 5. The quantitative estimate of drug-likeness (QED) is 0.386. The van der Waals surface area contributed by atoms with Crippen molar-refractivity contribution in [2.45, 2.75) is 39.0 Å². The molecular formula is C10H22N3O5P. The van der Waals surface area contributed by atoms with Gasteiger partial charge in [-0.2, -0.15) is 0 Å². The fraction of sp³-hybridized carbons (Fsp3) is 0.800. The van der Waals surface area contributed by atoms with Crippen molar-refractivity contribution in [3.8, 4) is 0 Å². The maximum absolute atomic E-state index is 11.9. The highest BCUT2D eigenvalue weighted by atomic mass is 31.2. The average molecular weight is 295 g/mol. The molecule has 2 amide bonds. The normalized spacial score (nSPS) is 14.9. The van der Waals surface area contributed by atoms with Gasteiger partial charge >= 0.3 is 7.60 Å². The van der Waals surface area contributed by atoms with Gasteiger partial charge in [0.15, 0.2) is 0 Å². The van der Waals surface area contributed by atoms with E-state index in [1.54, 1.807) is 0 Å². The SMILES string of the molecule is CC(C)C[C@@H](NC(=O)CN)C(=O)N[C@H](C)P(=O)(O)O. The van der Waals surface area contributed by atoms with Crippen molar-refractivity contribution in [3.63, 3.8) is 0 Å². The van der Waals surface area contributed by atoms with Crippen LogP contribution in [0.4, 0.5) is 0 Å². The molecule has 0 saturated carbocycles. The maximum atomic E-state index is 11.9. The highest BCUT2D eigenvalue weighted by molar-refractivity contribution is 7.52. The van der Waals surface area contributed by atoms with Crippen LogP contribution in [0.5, 0.6) is 0 Å². The Morgan fingerprint density at radius 2 is 1.74 bits per heavy atom. The van der Waals surface area contributed by atoms with Crippen LogP contribution in [-0.2, 0) is 14.2 Å². The summed E-state index contributed by atoms with van der Waals surface area (Å²) in [6, 6.07) is -0.856. The molecule has 2 atom stereocenters. The highest BCUT2D eigenvalue weighted by Gasteiger charge is 2.29. The summed E-state index contributed by atoms with van der Waals surface area (Å²) in [5.74, 6) is -2.31. The number of amides is 2. The van der Waals surface area contributed by atoms with Crippen molar-refractivity contribution >= 4 is 19.4 Å². The first kappa shape index (κ1) is 18.0. The Hall–Kier alpha value is -0.950. The van der Waals surface area contributed by atoms with Gasteiger partial charge in [-0.1, -0.05) is 13.8 Å². The molecule has 0 saturated heterocycles. The largest absolute Gasteiger partial charge is 0.347 e. The molecule has 0 heterocycles. The van der Waals surface area contributed by atoms with Gasteiger partial charge in [0.2, 0.25) is 11.8 Å². The molecule has 0 aliphatic rings. The van der Waals surface area contributed by atoms with Crippen molar-refractivity contribution < 1.29 is 23.9 Å². The Balaban J connectivity index is 4.71. The van der Waals surface area contributed by atoms with E-state index in [1.807, 2.05) is 13.8 Å². The molecule has 19 heavy (non-hydrogen) atoms. The average Bonchev–Trinajstić information content (AvgIpc) is 2.25. The van der Waals surface area contributed by atoms with E-state index in [0.717, 1.165) is 0 Å². The number of carbonyl (C=O) groups is 2. The highest BCUT2D eigenvalue weighted by Crippen LogP contribution is 2.39. The minimum absolute atomic E-state index is 0.124. The van der Waals surface area contributed by atoms with Crippen molar-refractivity contribution in [2.24, 2.45) is 11.7 Å². The Kier molecular flexibility index (Phi) is 7.21. The molecule has 0 aromatic carbocycles. The Morgan fingerprint density at radius 1 is 1.21 bits per heavy atom. The molecule has 0 radical (unpaired) electrons. The molecule has 0 unspecified atom stereocenters. The second-order valence-electron chi connectivity index (χ2n) is 4.73. The van der Waals surface area contributed by atoms with Crippen molar-refractivity contribution in [2.75, 3.05) is 6.54 Å². The smallest absolute Gasteiger partial charge is 0.343 e. The van der Waals surface area contributed by atoms with Gasteiger partial charge in [-0.3, -0.25) is 14.2 Å². The van der Waals surface area contributed by atoms with E-state index in [-0.39, 0.29) is 12.5 Å². The molecule has 0 rings (SSSR count). The van der Waals surface area contributed by atoms with E-state index >= 15 is 0 Å². The summed E-state index contributed by atoms with van der Waals surface area (Å²) < 4.78 is 11.0. The van der Waals surface area contributed by atoms with Crippen LogP contribution in [0, 0.1) is 5.92 Å². The second kappa shape index (κ2) is 7.59. The van der Waals surface area contributed by atoms with Crippen LogP contribution in [0.2, 0.25) is 0 Å². The minimum Gasteiger partial charge on any atom is -0.343 e. The van der Waals surface area contributed by atoms with Crippen LogP contribution in [0.3, 0.4) is 0 Å². The summed E-state index contributed by atoms with van der Waals surface area (Å²) in [5, 5.41) is 4.62. The second-order valence-corrected chi connectivity index (χ2v) is 6.68. The zero-order valence-corrected chi connectivity index (χ0v) is 12.2. The molecule has 0 aliphatic carbocycles. The third kappa shape index (κ3) is 7.27. The molecule has 8 nitrogen and oxygen atoms in total. The summed E-state index contributed by atoms with van der Waals surface area (Å²) in [5.41, 5.74) is 5.15. The molecule has 9 heteroatoms. The third-order valence-corrected chi connectivity index (χ3v) is 3.54. The number of nitrogens with one attached hydrogen (secondary N) is 2. The summed E-state index contributed by atoms with van der Waals surface area (Å²) in [6.45, 7) is 4.67. The standard InChI is InChI=1S/C10H22N3O5P/c1-6(2)4-8(13-9(14)5-11)10(15)12-7(3)19(16,17)18/h6-8H,4-5,11H2,1-3H3,(H,12,15)(H,13,14)(H2,16,17,18)/t7-,8+/m0/s1. The van der Waals surface area contributed by atoms with Gasteiger partial charge < -0.3 is 26.2 Å². The summed E-state index contributed by atoms with van der Waals surface area (Å²) >= 11 is 0.